The summed E-state index contributed by atoms with van der Waals surface area (Å²) in [4.78, 5) is 12.1. The second kappa shape index (κ2) is 5.47. The number of hydrogen-bond acceptors (Lipinski definition) is 4. The van der Waals surface area contributed by atoms with Gasteiger partial charge in [0, 0.05) is 18.5 Å². The SMILES string of the molecule is NC(=NO)c1cccc(O[C@H]2CCN(C(=O)O)C2)c1. The summed E-state index contributed by atoms with van der Waals surface area (Å²) in [6.45, 7) is 0.822. The maximum absolute atomic E-state index is 10.8. The number of carbonyl (C=O) groups is 1. The van der Waals surface area contributed by atoms with Gasteiger partial charge in [0.2, 0.25) is 0 Å². The summed E-state index contributed by atoms with van der Waals surface area (Å²) < 4.78 is 5.69. The van der Waals surface area contributed by atoms with Gasteiger partial charge in [-0.15, -0.1) is 0 Å². The van der Waals surface area contributed by atoms with E-state index in [0.717, 1.165) is 0 Å². The van der Waals surface area contributed by atoms with Crippen LogP contribution in [-0.4, -0.2) is 46.3 Å². The molecular formula is C12H15N3O4. The number of nitrogens with two attached hydrogens (primary N) is 1. The molecule has 1 aromatic carbocycles. The first-order valence-corrected chi connectivity index (χ1v) is 5.82. The van der Waals surface area contributed by atoms with Crippen LogP contribution in [0.4, 0.5) is 4.79 Å². The van der Waals surface area contributed by atoms with E-state index in [1.165, 1.54) is 4.90 Å². The summed E-state index contributed by atoms with van der Waals surface area (Å²) in [6, 6.07) is 6.82. The van der Waals surface area contributed by atoms with Gasteiger partial charge in [0.25, 0.3) is 0 Å². The van der Waals surface area contributed by atoms with Gasteiger partial charge in [-0.2, -0.15) is 0 Å². The highest BCUT2D eigenvalue weighted by Crippen LogP contribution is 2.19. The number of rotatable bonds is 3. The number of amidine groups is 1. The van der Waals surface area contributed by atoms with Crippen LogP contribution in [0.1, 0.15) is 12.0 Å². The molecule has 1 fully saturated rings. The van der Waals surface area contributed by atoms with Crippen molar-refractivity contribution in [1.82, 2.24) is 4.90 Å². The Morgan fingerprint density at radius 2 is 2.32 bits per heavy atom. The molecule has 7 nitrogen and oxygen atoms in total. The van der Waals surface area contributed by atoms with Crippen LogP contribution in [0.3, 0.4) is 0 Å². The number of nitrogens with zero attached hydrogens (tertiary/aromatic N) is 2. The van der Waals surface area contributed by atoms with Crippen molar-refractivity contribution in [3.8, 4) is 5.75 Å². The van der Waals surface area contributed by atoms with Crippen molar-refractivity contribution in [3.05, 3.63) is 29.8 Å². The zero-order valence-corrected chi connectivity index (χ0v) is 10.2. The Labute approximate surface area is 109 Å². The van der Waals surface area contributed by atoms with Gasteiger partial charge in [-0.1, -0.05) is 17.3 Å². The Morgan fingerprint density at radius 3 is 2.95 bits per heavy atom. The van der Waals surface area contributed by atoms with Crippen molar-refractivity contribution >= 4 is 11.9 Å². The Balaban J connectivity index is 2.02. The van der Waals surface area contributed by atoms with Gasteiger partial charge in [0.1, 0.15) is 11.9 Å². The quantitative estimate of drug-likeness (QED) is 0.326. The maximum Gasteiger partial charge on any atom is 0.407 e. The molecule has 1 aliphatic heterocycles. The average molecular weight is 265 g/mol. The normalized spacial score (nSPS) is 19.5. The maximum atomic E-state index is 10.8. The fourth-order valence-corrected chi connectivity index (χ4v) is 1.98. The Hall–Kier alpha value is -2.44. The molecule has 0 radical (unpaired) electrons. The molecule has 1 atom stereocenters. The zero-order valence-electron chi connectivity index (χ0n) is 10.2. The first-order valence-electron chi connectivity index (χ1n) is 5.82. The largest absolute Gasteiger partial charge is 0.488 e. The van der Waals surface area contributed by atoms with Crippen LogP contribution in [0.2, 0.25) is 0 Å². The standard InChI is InChI=1S/C12H15N3O4/c13-11(14-18)8-2-1-3-9(6-8)19-10-4-5-15(7-10)12(16)17/h1-3,6,10,18H,4-5,7H2,(H2,13,14)(H,16,17)/t10-/m0/s1. The van der Waals surface area contributed by atoms with Crippen molar-refractivity contribution in [2.45, 2.75) is 12.5 Å². The minimum Gasteiger partial charge on any atom is -0.488 e. The molecule has 1 aromatic rings. The molecule has 0 aliphatic carbocycles. The monoisotopic (exact) mass is 265 g/mol. The fourth-order valence-electron chi connectivity index (χ4n) is 1.98. The van der Waals surface area contributed by atoms with E-state index in [4.69, 9.17) is 20.8 Å². The van der Waals surface area contributed by atoms with Crippen LogP contribution in [0.25, 0.3) is 0 Å². The number of carboxylic acid groups (broad SMARTS) is 1. The summed E-state index contributed by atoms with van der Waals surface area (Å²) in [5.41, 5.74) is 6.04. The molecule has 1 heterocycles. The van der Waals surface area contributed by atoms with Crippen molar-refractivity contribution in [2.24, 2.45) is 10.9 Å². The fraction of sp³-hybridized carbons (Fsp3) is 0.333. The van der Waals surface area contributed by atoms with Crippen LogP contribution in [-0.2, 0) is 0 Å². The van der Waals surface area contributed by atoms with Crippen LogP contribution >= 0.6 is 0 Å². The lowest BCUT2D eigenvalue weighted by Gasteiger charge is -2.15. The zero-order chi connectivity index (χ0) is 13.8. The van der Waals surface area contributed by atoms with Gasteiger partial charge in [-0.25, -0.2) is 4.79 Å². The number of ether oxygens (including phenoxy) is 1. The van der Waals surface area contributed by atoms with E-state index < -0.39 is 6.09 Å². The Kier molecular flexibility index (Phi) is 3.74. The molecule has 1 amide bonds. The molecule has 0 unspecified atom stereocenters. The number of likely N-dealkylation sites (tertiary alicyclic amines) is 1. The van der Waals surface area contributed by atoms with Crippen LogP contribution in [0.5, 0.6) is 5.75 Å². The first-order chi connectivity index (χ1) is 9.10. The van der Waals surface area contributed by atoms with Crippen molar-refractivity contribution < 1.29 is 19.8 Å². The number of amides is 1. The van der Waals surface area contributed by atoms with Crippen LogP contribution in [0, 0.1) is 0 Å². The molecular weight excluding hydrogens is 250 g/mol. The second-order valence-corrected chi connectivity index (χ2v) is 4.27. The average Bonchev–Trinajstić information content (AvgIpc) is 2.87. The highest BCUT2D eigenvalue weighted by atomic mass is 16.5. The highest BCUT2D eigenvalue weighted by molar-refractivity contribution is 5.97. The van der Waals surface area contributed by atoms with E-state index in [2.05, 4.69) is 5.16 Å². The molecule has 0 saturated carbocycles. The third-order valence-electron chi connectivity index (χ3n) is 2.96. The van der Waals surface area contributed by atoms with E-state index in [-0.39, 0.29) is 11.9 Å². The van der Waals surface area contributed by atoms with E-state index in [1.807, 2.05) is 0 Å². The van der Waals surface area contributed by atoms with Crippen LogP contribution in [0.15, 0.2) is 29.4 Å². The third kappa shape index (κ3) is 3.06. The summed E-state index contributed by atoms with van der Waals surface area (Å²) in [5, 5.41) is 20.4. The number of benzene rings is 1. The minimum absolute atomic E-state index is 0.00374. The summed E-state index contributed by atoms with van der Waals surface area (Å²) in [7, 11) is 0. The van der Waals surface area contributed by atoms with E-state index >= 15 is 0 Å². The predicted octanol–water partition coefficient (Wildman–Crippen LogP) is 0.912. The van der Waals surface area contributed by atoms with E-state index in [0.29, 0.717) is 30.8 Å². The molecule has 0 aromatic heterocycles. The third-order valence-corrected chi connectivity index (χ3v) is 2.96. The smallest absolute Gasteiger partial charge is 0.407 e. The van der Waals surface area contributed by atoms with Gasteiger partial charge in [-0.3, -0.25) is 0 Å². The molecule has 4 N–H and O–H groups in total. The molecule has 19 heavy (non-hydrogen) atoms. The predicted molar refractivity (Wildman–Crippen MR) is 67.6 cm³/mol. The molecule has 7 heteroatoms. The summed E-state index contributed by atoms with van der Waals surface area (Å²) in [6.07, 6.45) is -0.449. The summed E-state index contributed by atoms with van der Waals surface area (Å²) >= 11 is 0. The molecule has 1 saturated heterocycles. The highest BCUT2D eigenvalue weighted by Gasteiger charge is 2.27. The van der Waals surface area contributed by atoms with E-state index in [1.54, 1.807) is 24.3 Å². The number of oxime groups is 1. The van der Waals surface area contributed by atoms with E-state index in [9.17, 15) is 4.79 Å². The second-order valence-electron chi connectivity index (χ2n) is 4.27. The Bertz CT molecular complexity index is 504. The van der Waals surface area contributed by atoms with Crippen molar-refractivity contribution in [1.29, 1.82) is 0 Å². The van der Waals surface area contributed by atoms with Gasteiger partial charge in [-0.05, 0) is 12.1 Å². The minimum atomic E-state index is -0.934. The first kappa shape index (κ1) is 13.0. The lowest BCUT2D eigenvalue weighted by Crippen LogP contribution is -2.29. The van der Waals surface area contributed by atoms with Gasteiger partial charge in [0.15, 0.2) is 5.84 Å². The molecule has 2 rings (SSSR count). The lowest BCUT2D eigenvalue weighted by atomic mass is 10.2. The molecule has 102 valence electrons. The van der Waals surface area contributed by atoms with Gasteiger partial charge < -0.3 is 25.7 Å². The summed E-state index contributed by atoms with van der Waals surface area (Å²) in [5.74, 6) is 0.574. The molecule has 0 spiro atoms. The van der Waals surface area contributed by atoms with Crippen LogP contribution < -0.4 is 10.5 Å². The van der Waals surface area contributed by atoms with Crippen molar-refractivity contribution in [3.63, 3.8) is 0 Å². The lowest BCUT2D eigenvalue weighted by molar-refractivity contribution is 0.145. The molecule has 0 bridgehead atoms. The van der Waals surface area contributed by atoms with Gasteiger partial charge in [0.05, 0.1) is 6.54 Å². The topological polar surface area (TPSA) is 108 Å². The Morgan fingerprint density at radius 1 is 1.53 bits per heavy atom. The molecule has 1 aliphatic rings. The van der Waals surface area contributed by atoms with Gasteiger partial charge >= 0.3 is 6.09 Å². The number of hydrogen-bond donors (Lipinski definition) is 3. The van der Waals surface area contributed by atoms with Crippen molar-refractivity contribution in [2.75, 3.05) is 13.1 Å².